The Kier molecular flexibility index (Phi) is 6.60. The van der Waals surface area contributed by atoms with Gasteiger partial charge in [0, 0.05) is 17.7 Å². The second kappa shape index (κ2) is 10.1. The molecule has 0 radical (unpaired) electrons. The number of hydrogen-bond acceptors (Lipinski definition) is 7. The van der Waals surface area contributed by atoms with E-state index in [0.717, 1.165) is 0 Å². The molecular formula is C27H20FN5O2S. The summed E-state index contributed by atoms with van der Waals surface area (Å²) >= 11 is 1.45. The first kappa shape index (κ1) is 23.5. The van der Waals surface area contributed by atoms with Gasteiger partial charge >= 0.3 is 0 Å². The highest BCUT2D eigenvalue weighted by molar-refractivity contribution is 7.99. The van der Waals surface area contributed by atoms with Crippen LogP contribution in [-0.4, -0.2) is 25.4 Å². The Morgan fingerprint density at radius 3 is 2.67 bits per heavy atom. The second-order valence-corrected chi connectivity index (χ2v) is 9.20. The van der Waals surface area contributed by atoms with Crippen molar-refractivity contribution in [3.05, 3.63) is 99.9 Å². The van der Waals surface area contributed by atoms with Crippen molar-refractivity contribution in [2.45, 2.75) is 24.9 Å². The highest BCUT2D eigenvalue weighted by atomic mass is 32.2. The maximum absolute atomic E-state index is 13.9. The predicted molar refractivity (Wildman–Crippen MR) is 136 cm³/mol. The standard InChI is InChI=1S/C27H20FN5O2S/c1-17-8-11-19(15-22(17)28)25-31-24(35-32-25)7-4-14-36-27-30-23-6-3-2-5-21(23)26(34)33(27)20-12-9-18(16-29)10-13-20/h2-3,5-6,8-13,15H,4,7,14H2,1H3. The van der Waals surface area contributed by atoms with Gasteiger partial charge < -0.3 is 4.52 Å². The van der Waals surface area contributed by atoms with Crippen molar-refractivity contribution < 1.29 is 8.91 Å². The van der Waals surface area contributed by atoms with Crippen molar-refractivity contribution in [2.75, 3.05) is 5.75 Å². The Morgan fingerprint density at radius 1 is 1.08 bits per heavy atom. The third-order valence-electron chi connectivity index (χ3n) is 5.66. The number of hydrogen-bond donors (Lipinski definition) is 0. The fraction of sp³-hybridized carbons (Fsp3) is 0.148. The number of halogens is 1. The summed E-state index contributed by atoms with van der Waals surface area (Å²) < 4.78 is 20.8. The van der Waals surface area contributed by atoms with Crippen LogP contribution in [0.4, 0.5) is 4.39 Å². The molecule has 0 amide bonds. The summed E-state index contributed by atoms with van der Waals surface area (Å²) in [5.74, 6) is 1.15. The Morgan fingerprint density at radius 2 is 1.89 bits per heavy atom. The van der Waals surface area contributed by atoms with Crippen LogP contribution in [0.25, 0.3) is 28.0 Å². The summed E-state index contributed by atoms with van der Waals surface area (Å²) in [6.45, 7) is 1.70. The van der Waals surface area contributed by atoms with E-state index in [1.165, 1.54) is 17.8 Å². The van der Waals surface area contributed by atoms with Gasteiger partial charge in [-0.2, -0.15) is 10.2 Å². The lowest BCUT2D eigenvalue weighted by atomic mass is 10.1. The summed E-state index contributed by atoms with van der Waals surface area (Å²) in [5, 5.41) is 14.2. The molecule has 0 aliphatic rings. The zero-order chi connectivity index (χ0) is 25.1. The van der Waals surface area contributed by atoms with Gasteiger partial charge in [0.1, 0.15) is 5.82 Å². The molecule has 5 aromatic rings. The number of nitrogens with zero attached hydrogens (tertiary/aromatic N) is 5. The lowest BCUT2D eigenvalue weighted by Crippen LogP contribution is -2.21. The maximum atomic E-state index is 13.9. The van der Waals surface area contributed by atoms with E-state index in [4.69, 9.17) is 14.8 Å². The largest absolute Gasteiger partial charge is 0.339 e. The monoisotopic (exact) mass is 497 g/mol. The van der Waals surface area contributed by atoms with Crippen LogP contribution in [0.5, 0.6) is 0 Å². The molecule has 7 nitrogen and oxygen atoms in total. The van der Waals surface area contributed by atoms with Crippen LogP contribution in [0.3, 0.4) is 0 Å². The predicted octanol–water partition coefficient (Wildman–Crippen LogP) is 5.48. The molecule has 0 spiro atoms. The quantitative estimate of drug-likeness (QED) is 0.167. The molecule has 5 rings (SSSR count). The first-order chi connectivity index (χ1) is 17.5. The van der Waals surface area contributed by atoms with Crippen molar-refractivity contribution in [1.82, 2.24) is 19.7 Å². The van der Waals surface area contributed by atoms with Gasteiger partial charge in [-0.05, 0) is 61.4 Å². The van der Waals surface area contributed by atoms with Crippen LogP contribution in [-0.2, 0) is 6.42 Å². The van der Waals surface area contributed by atoms with Gasteiger partial charge in [-0.15, -0.1) is 0 Å². The number of para-hydroxylation sites is 1. The van der Waals surface area contributed by atoms with Gasteiger partial charge in [-0.25, -0.2) is 9.37 Å². The molecule has 2 aromatic heterocycles. The zero-order valence-corrected chi connectivity index (χ0v) is 20.1. The van der Waals surface area contributed by atoms with Crippen LogP contribution in [0.1, 0.15) is 23.4 Å². The minimum atomic E-state index is -0.313. The van der Waals surface area contributed by atoms with Crippen molar-refractivity contribution in [1.29, 1.82) is 5.26 Å². The Hall–Kier alpha value is -4.29. The van der Waals surface area contributed by atoms with E-state index in [-0.39, 0.29) is 11.4 Å². The fourth-order valence-electron chi connectivity index (χ4n) is 3.71. The number of rotatable bonds is 7. The molecule has 0 unspecified atom stereocenters. The highest BCUT2D eigenvalue weighted by Crippen LogP contribution is 2.24. The molecule has 0 bridgehead atoms. The third-order valence-corrected chi connectivity index (χ3v) is 6.69. The summed E-state index contributed by atoms with van der Waals surface area (Å²) in [6, 6.07) is 21.0. The van der Waals surface area contributed by atoms with E-state index in [0.29, 0.717) is 68.7 Å². The van der Waals surface area contributed by atoms with E-state index in [9.17, 15) is 9.18 Å². The Labute approximate surface area is 210 Å². The molecule has 0 atom stereocenters. The number of aromatic nitrogens is 4. The molecule has 0 N–H and O–H groups in total. The van der Waals surface area contributed by atoms with Gasteiger partial charge in [0.15, 0.2) is 5.16 Å². The van der Waals surface area contributed by atoms with Crippen molar-refractivity contribution in [3.8, 4) is 23.1 Å². The molecule has 9 heteroatoms. The second-order valence-electron chi connectivity index (χ2n) is 8.14. The molecular weight excluding hydrogens is 477 g/mol. The van der Waals surface area contributed by atoms with E-state index in [2.05, 4.69) is 16.2 Å². The molecule has 0 aliphatic carbocycles. The van der Waals surface area contributed by atoms with Crippen LogP contribution >= 0.6 is 11.8 Å². The van der Waals surface area contributed by atoms with Crippen LogP contribution in [0.2, 0.25) is 0 Å². The summed E-state index contributed by atoms with van der Waals surface area (Å²) in [5.41, 5.74) is 2.74. The molecule has 3 aromatic carbocycles. The maximum Gasteiger partial charge on any atom is 0.266 e. The topological polar surface area (TPSA) is 97.6 Å². The minimum Gasteiger partial charge on any atom is -0.339 e. The fourth-order valence-corrected chi connectivity index (χ4v) is 4.67. The normalized spacial score (nSPS) is 11.0. The van der Waals surface area contributed by atoms with E-state index < -0.39 is 0 Å². The molecule has 36 heavy (non-hydrogen) atoms. The number of nitriles is 1. The lowest BCUT2D eigenvalue weighted by molar-refractivity contribution is 0.378. The Bertz CT molecular complexity index is 1650. The number of aryl methyl sites for hydroxylation is 2. The Balaban J connectivity index is 1.33. The molecule has 0 saturated carbocycles. The summed E-state index contributed by atoms with van der Waals surface area (Å²) in [4.78, 5) is 22.4. The van der Waals surface area contributed by atoms with Crippen LogP contribution < -0.4 is 5.56 Å². The molecule has 178 valence electrons. The van der Waals surface area contributed by atoms with E-state index in [1.54, 1.807) is 54.0 Å². The van der Waals surface area contributed by atoms with Gasteiger partial charge in [0.2, 0.25) is 11.7 Å². The van der Waals surface area contributed by atoms with Crippen molar-refractivity contribution in [3.63, 3.8) is 0 Å². The first-order valence-electron chi connectivity index (χ1n) is 11.3. The minimum absolute atomic E-state index is 0.167. The summed E-state index contributed by atoms with van der Waals surface area (Å²) in [7, 11) is 0. The van der Waals surface area contributed by atoms with Crippen molar-refractivity contribution >= 4 is 22.7 Å². The lowest BCUT2D eigenvalue weighted by Gasteiger charge is -2.13. The van der Waals surface area contributed by atoms with Crippen LogP contribution in [0.15, 0.2) is 81.2 Å². The molecule has 2 heterocycles. The summed E-state index contributed by atoms with van der Waals surface area (Å²) in [6.07, 6.45) is 1.23. The third kappa shape index (κ3) is 4.76. The van der Waals surface area contributed by atoms with Crippen LogP contribution in [0, 0.1) is 24.1 Å². The number of thioether (sulfide) groups is 1. The number of fused-ring (bicyclic) bond motifs is 1. The number of benzene rings is 3. The highest BCUT2D eigenvalue weighted by Gasteiger charge is 2.14. The molecule has 0 saturated heterocycles. The van der Waals surface area contributed by atoms with E-state index >= 15 is 0 Å². The van der Waals surface area contributed by atoms with Gasteiger partial charge in [-0.3, -0.25) is 9.36 Å². The SMILES string of the molecule is Cc1ccc(-c2noc(CCCSc3nc4ccccc4c(=O)n3-c3ccc(C#N)cc3)n2)cc1F. The smallest absolute Gasteiger partial charge is 0.266 e. The molecule has 0 fully saturated rings. The van der Waals surface area contributed by atoms with Crippen molar-refractivity contribution in [2.24, 2.45) is 0 Å². The van der Waals surface area contributed by atoms with E-state index in [1.807, 2.05) is 18.2 Å². The first-order valence-corrected chi connectivity index (χ1v) is 12.3. The van der Waals surface area contributed by atoms with Gasteiger partial charge in [0.25, 0.3) is 5.56 Å². The average molecular weight is 498 g/mol. The average Bonchev–Trinajstić information content (AvgIpc) is 3.37. The van der Waals surface area contributed by atoms with Gasteiger partial charge in [-0.1, -0.05) is 41.2 Å². The zero-order valence-electron chi connectivity index (χ0n) is 19.3. The molecule has 0 aliphatic heterocycles. The van der Waals surface area contributed by atoms with Gasteiger partial charge in [0.05, 0.1) is 28.2 Å².